The second-order valence-corrected chi connectivity index (χ2v) is 6.18. The zero-order valence-electron chi connectivity index (χ0n) is 12.5. The van der Waals surface area contributed by atoms with Gasteiger partial charge in [0.2, 0.25) is 0 Å². The zero-order valence-corrected chi connectivity index (χ0v) is 14.1. The molecule has 0 saturated heterocycles. The first-order chi connectivity index (χ1) is 10.6. The Morgan fingerprint density at radius 3 is 2.86 bits per heavy atom. The van der Waals surface area contributed by atoms with Crippen molar-refractivity contribution >= 4 is 28.9 Å². The minimum atomic E-state index is -0.411. The van der Waals surface area contributed by atoms with Gasteiger partial charge in [-0.2, -0.15) is 0 Å². The highest BCUT2D eigenvalue weighted by atomic mass is 35.5. The molecule has 4 nitrogen and oxygen atoms in total. The van der Waals surface area contributed by atoms with Crippen molar-refractivity contribution in [2.45, 2.75) is 19.9 Å². The van der Waals surface area contributed by atoms with Gasteiger partial charge >= 0.3 is 0 Å². The molecule has 0 atom stereocenters. The van der Waals surface area contributed by atoms with Gasteiger partial charge in [-0.1, -0.05) is 17.7 Å². The summed E-state index contributed by atoms with van der Waals surface area (Å²) >= 11 is 7.41. The largest absolute Gasteiger partial charge is 0.356 e. The molecule has 1 aromatic carbocycles. The van der Waals surface area contributed by atoms with Crippen LogP contribution in [-0.4, -0.2) is 24.5 Å². The van der Waals surface area contributed by atoms with Crippen molar-refractivity contribution in [3.05, 3.63) is 50.7 Å². The lowest BCUT2D eigenvalue weighted by molar-refractivity contribution is 0.627. The van der Waals surface area contributed by atoms with Crippen molar-refractivity contribution in [3.8, 4) is 0 Å². The van der Waals surface area contributed by atoms with Crippen molar-refractivity contribution in [2.24, 2.45) is 4.99 Å². The van der Waals surface area contributed by atoms with Gasteiger partial charge in [0.15, 0.2) is 5.96 Å². The highest BCUT2D eigenvalue weighted by molar-refractivity contribution is 7.09. The second kappa shape index (κ2) is 8.10. The second-order valence-electron chi connectivity index (χ2n) is 4.71. The van der Waals surface area contributed by atoms with Crippen molar-refractivity contribution in [3.63, 3.8) is 0 Å². The summed E-state index contributed by atoms with van der Waals surface area (Å²) in [5, 5.41) is 9.65. The Morgan fingerprint density at radius 2 is 2.23 bits per heavy atom. The average molecular weight is 341 g/mol. The molecule has 1 aromatic heterocycles. The van der Waals surface area contributed by atoms with Crippen LogP contribution in [0.15, 0.2) is 28.6 Å². The molecule has 2 rings (SSSR count). The summed E-state index contributed by atoms with van der Waals surface area (Å²) in [6.07, 6.45) is 0.841. The fourth-order valence-electron chi connectivity index (χ4n) is 1.89. The summed E-state index contributed by atoms with van der Waals surface area (Å²) in [5.74, 6) is 0.277. The van der Waals surface area contributed by atoms with Crippen LogP contribution >= 0.6 is 22.9 Å². The highest BCUT2D eigenvalue weighted by Crippen LogP contribution is 2.15. The number of nitrogens with one attached hydrogen (secondary N) is 2. The summed E-state index contributed by atoms with van der Waals surface area (Å²) in [7, 11) is 1.71. The van der Waals surface area contributed by atoms with Gasteiger partial charge in [0.25, 0.3) is 0 Å². The van der Waals surface area contributed by atoms with Crippen LogP contribution < -0.4 is 10.6 Å². The summed E-state index contributed by atoms with van der Waals surface area (Å²) in [5.41, 5.74) is 1.97. The van der Waals surface area contributed by atoms with Gasteiger partial charge < -0.3 is 10.6 Å². The van der Waals surface area contributed by atoms with E-state index in [1.54, 1.807) is 30.5 Å². The van der Waals surface area contributed by atoms with Gasteiger partial charge in [0.05, 0.1) is 15.7 Å². The summed E-state index contributed by atoms with van der Waals surface area (Å²) in [4.78, 5) is 8.56. The highest BCUT2D eigenvalue weighted by Gasteiger charge is 2.03. The Bertz CT molecular complexity index is 657. The van der Waals surface area contributed by atoms with Gasteiger partial charge in [-0.15, -0.1) is 11.3 Å². The first-order valence-corrected chi connectivity index (χ1v) is 8.13. The third-order valence-electron chi connectivity index (χ3n) is 3.01. The molecule has 1 heterocycles. The van der Waals surface area contributed by atoms with Crippen LogP contribution in [0.3, 0.4) is 0 Å². The Labute approximate surface area is 138 Å². The molecule has 22 heavy (non-hydrogen) atoms. The Balaban J connectivity index is 1.78. The summed E-state index contributed by atoms with van der Waals surface area (Å²) < 4.78 is 13.1. The van der Waals surface area contributed by atoms with Crippen LogP contribution in [0.5, 0.6) is 0 Å². The number of hydrogen-bond donors (Lipinski definition) is 2. The zero-order chi connectivity index (χ0) is 15.9. The number of hydrogen-bond acceptors (Lipinski definition) is 3. The minimum absolute atomic E-state index is 0.126. The molecule has 2 N–H and O–H groups in total. The standard InChI is InChI=1S/C15H18ClFN4S/c1-10-21-12(9-22-10)5-6-19-15(18-2)20-8-11-3-4-14(17)13(16)7-11/h3-4,7,9H,5-6,8H2,1-2H3,(H2,18,19,20). The third-order valence-corrected chi connectivity index (χ3v) is 4.12. The molecule has 0 aliphatic carbocycles. The Kier molecular flexibility index (Phi) is 6.15. The molecule has 7 heteroatoms. The fourth-order valence-corrected chi connectivity index (χ4v) is 2.74. The van der Waals surface area contributed by atoms with Gasteiger partial charge in [0, 0.05) is 31.9 Å². The lowest BCUT2D eigenvalue weighted by atomic mass is 10.2. The van der Waals surface area contributed by atoms with E-state index in [1.165, 1.54) is 6.07 Å². The number of aryl methyl sites for hydroxylation is 1. The molecule has 0 fully saturated rings. The lowest BCUT2D eigenvalue weighted by Crippen LogP contribution is -2.37. The van der Waals surface area contributed by atoms with Crippen LogP contribution in [0.25, 0.3) is 0 Å². The number of nitrogens with zero attached hydrogens (tertiary/aromatic N) is 2. The molecule has 0 bridgehead atoms. The van der Waals surface area contributed by atoms with E-state index in [0.29, 0.717) is 12.5 Å². The van der Waals surface area contributed by atoms with E-state index >= 15 is 0 Å². The quantitative estimate of drug-likeness (QED) is 0.649. The number of guanidine groups is 1. The van der Waals surface area contributed by atoms with E-state index in [2.05, 4.69) is 26.0 Å². The first kappa shape index (κ1) is 16.7. The Morgan fingerprint density at radius 1 is 1.41 bits per heavy atom. The first-order valence-electron chi connectivity index (χ1n) is 6.88. The third kappa shape index (κ3) is 4.96. The smallest absolute Gasteiger partial charge is 0.191 e. The maximum absolute atomic E-state index is 13.1. The van der Waals surface area contributed by atoms with Gasteiger partial charge in [-0.3, -0.25) is 4.99 Å². The molecule has 0 spiro atoms. The maximum atomic E-state index is 13.1. The monoisotopic (exact) mass is 340 g/mol. The molecule has 0 saturated carbocycles. The number of halogens is 2. The van der Waals surface area contributed by atoms with E-state index in [9.17, 15) is 4.39 Å². The maximum Gasteiger partial charge on any atom is 0.191 e. The molecular formula is C15H18ClFN4S. The lowest BCUT2D eigenvalue weighted by Gasteiger charge is -2.11. The predicted octanol–water partition coefficient (Wildman–Crippen LogP) is 3.15. The number of benzene rings is 1. The fraction of sp³-hybridized carbons (Fsp3) is 0.333. The van der Waals surface area contributed by atoms with Crippen LogP contribution in [-0.2, 0) is 13.0 Å². The molecule has 0 aliphatic rings. The van der Waals surface area contributed by atoms with Crippen LogP contribution in [0.1, 0.15) is 16.3 Å². The molecule has 0 aliphatic heterocycles. The molecule has 0 radical (unpaired) electrons. The molecule has 118 valence electrons. The Hall–Kier alpha value is -1.66. The van der Waals surface area contributed by atoms with Crippen molar-refractivity contribution < 1.29 is 4.39 Å². The van der Waals surface area contributed by atoms with Gasteiger partial charge in [0.1, 0.15) is 5.82 Å². The van der Waals surface area contributed by atoms with E-state index in [1.807, 2.05) is 6.92 Å². The van der Waals surface area contributed by atoms with Crippen molar-refractivity contribution in [2.75, 3.05) is 13.6 Å². The normalized spacial score (nSPS) is 11.5. The molecule has 0 amide bonds. The molecule has 2 aromatic rings. The summed E-state index contributed by atoms with van der Waals surface area (Å²) in [6, 6.07) is 4.66. The van der Waals surface area contributed by atoms with Gasteiger partial charge in [-0.05, 0) is 24.6 Å². The predicted molar refractivity (Wildman–Crippen MR) is 90.2 cm³/mol. The van der Waals surface area contributed by atoms with Crippen LogP contribution in [0, 0.1) is 12.7 Å². The summed E-state index contributed by atoms with van der Waals surface area (Å²) in [6.45, 7) is 3.26. The average Bonchev–Trinajstić information content (AvgIpc) is 2.91. The van der Waals surface area contributed by atoms with Crippen LogP contribution in [0.4, 0.5) is 4.39 Å². The topological polar surface area (TPSA) is 49.3 Å². The van der Waals surface area contributed by atoms with E-state index in [-0.39, 0.29) is 5.02 Å². The number of aromatic nitrogens is 1. The number of rotatable bonds is 5. The minimum Gasteiger partial charge on any atom is -0.356 e. The molecular weight excluding hydrogens is 323 g/mol. The van der Waals surface area contributed by atoms with Crippen molar-refractivity contribution in [1.29, 1.82) is 0 Å². The van der Waals surface area contributed by atoms with Crippen molar-refractivity contribution in [1.82, 2.24) is 15.6 Å². The van der Waals surface area contributed by atoms with E-state index in [4.69, 9.17) is 11.6 Å². The van der Waals surface area contributed by atoms with E-state index in [0.717, 1.165) is 29.2 Å². The number of aliphatic imine (C=N–C) groups is 1. The number of thiazole rings is 1. The van der Waals surface area contributed by atoms with E-state index < -0.39 is 5.82 Å². The van der Waals surface area contributed by atoms with Crippen LogP contribution in [0.2, 0.25) is 5.02 Å². The van der Waals surface area contributed by atoms with Gasteiger partial charge in [-0.25, -0.2) is 9.37 Å². The molecule has 0 unspecified atom stereocenters. The SMILES string of the molecule is CN=C(NCCc1csc(C)n1)NCc1ccc(F)c(Cl)c1.